The zero-order valence-corrected chi connectivity index (χ0v) is 12.6. The van der Waals surface area contributed by atoms with E-state index in [0.29, 0.717) is 17.2 Å². The monoisotopic (exact) mass is 289 g/mol. The van der Waals surface area contributed by atoms with Crippen molar-refractivity contribution in [3.8, 4) is 0 Å². The van der Waals surface area contributed by atoms with Crippen molar-refractivity contribution >= 4 is 27.3 Å². The predicted molar refractivity (Wildman–Crippen MR) is 83.3 cm³/mol. The van der Waals surface area contributed by atoms with Crippen LogP contribution in [0.15, 0.2) is 51.7 Å². The maximum Gasteiger partial charge on any atom is 0.253 e. The Hall–Kier alpha value is -1.68. The standard InChI is InChI=1S/C16H19NO2S/c1-12(2)10-11-16(18)17-20(19)15-9-5-7-13-6-3-4-8-14(13)15/h3-9,12,20H,10-11H2,1-2H3. The van der Waals surface area contributed by atoms with E-state index in [9.17, 15) is 9.00 Å². The second-order valence-corrected chi connectivity index (χ2v) is 6.43. The average molecular weight is 289 g/mol. The van der Waals surface area contributed by atoms with Crippen molar-refractivity contribution in [1.82, 2.24) is 0 Å². The molecule has 0 bridgehead atoms. The van der Waals surface area contributed by atoms with Gasteiger partial charge in [0.15, 0.2) is 0 Å². The van der Waals surface area contributed by atoms with E-state index in [0.717, 1.165) is 17.2 Å². The highest BCUT2D eigenvalue weighted by Crippen LogP contribution is 2.20. The Morgan fingerprint density at radius 1 is 1.15 bits per heavy atom. The fourth-order valence-electron chi connectivity index (χ4n) is 1.99. The summed E-state index contributed by atoms with van der Waals surface area (Å²) in [6.45, 7) is 4.11. The summed E-state index contributed by atoms with van der Waals surface area (Å²) in [7, 11) is -2.02. The smallest absolute Gasteiger partial charge is 0.253 e. The fourth-order valence-corrected chi connectivity index (χ4v) is 3.03. The van der Waals surface area contributed by atoms with Crippen molar-refractivity contribution in [2.75, 3.05) is 0 Å². The molecule has 0 aliphatic rings. The number of carbonyl (C=O) groups excluding carboxylic acids is 1. The van der Waals surface area contributed by atoms with Crippen LogP contribution < -0.4 is 0 Å². The third-order valence-corrected chi connectivity index (χ3v) is 4.32. The van der Waals surface area contributed by atoms with Gasteiger partial charge in [0.1, 0.15) is 0 Å². The molecule has 106 valence electrons. The molecule has 0 N–H and O–H groups in total. The number of rotatable bonds is 4. The molecule has 0 spiro atoms. The van der Waals surface area contributed by atoms with Gasteiger partial charge in [0.2, 0.25) is 0 Å². The van der Waals surface area contributed by atoms with E-state index in [1.165, 1.54) is 0 Å². The molecule has 0 fully saturated rings. The minimum atomic E-state index is -2.02. The molecule has 1 unspecified atom stereocenters. The van der Waals surface area contributed by atoms with E-state index in [-0.39, 0.29) is 5.91 Å². The highest BCUT2D eigenvalue weighted by molar-refractivity contribution is 7.75. The Labute approximate surface area is 121 Å². The summed E-state index contributed by atoms with van der Waals surface area (Å²) in [4.78, 5) is 12.4. The summed E-state index contributed by atoms with van der Waals surface area (Å²) in [5.74, 6) is 0.178. The Balaban J connectivity index is 2.29. The van der Waals surface area contributed by atoms with E-state index < -0.39 is 10.6 Å². The van der Waals surface area contributed by atoms with Gasteiger partial charge in [-0.1, -0.05) is 50.2 Å². The van der Waals surface area contributed by atoms with E-state index in [4.69, 9.17) is 0 Å². The minimum Gasteiger partial charge on any atom is -0.272 e. The van der Waals surface area contributed by atoms with Crippen LogP contribution >= 0.6 is 0 Å². The maximum atomic E-state index is 12.3. The number of nitrogens with zero attached hydrogens (tertiary/aromatic N) is 1. The molecule has 0 saturated heterocycles. The van der Waals surface area contributed by atoms with E-state index >= 15 is 0 Å². The van der Waals surface area contributed by atoms with Crippen molar-refractivity contribution < 1.29 is 9.00 Å². The molecule has 0 heterocycles. The summed E-state index contributed by atoms with van der Waals surface area (Å²) in [5.41, 5.74) is 0. The third kappa shape index (κ3) is 3.67. The van der Waals surface area contributed by atoms with Gasteiger partial charge in [0.25, 0.3) is 5.91 Å². The number of hydrogen-bond donors (Lipinski definition) is 1. The Morgan fingerprint density at radius 2 is 1.85 bits per heavy atom. The van der Waals surface area contributed by atoms with Gasteiger partial charge in [-0.15, -0.1) is 0 Å². The third-order valence-electron chi connectivity index (χ3n) is 3.11. The van der Waals surface area contributed by atoms with Crippen molar-refractivity contribution in [1.29, 1.82) is 0 Å². The quantitative estimate of drug-likeness (QED) is 0.870. The minimum absolute atomic E-state index is 0.271. The fraction of sp³-hybridized carbons (Fsp3) is 0.312. The Bertz CT molecular complexity index is 695. The molecule has 1 amide bonds. The van der Waals surface area contributed by atoms with Gasteiger partial charge in [0, 0.05) is 6.42 Å². The summed E-state index contributed by atoms with van der Waals surface area (Å²) in [6.07, 6.45) is 1.14. The molecule has 0 aliphatic heterocycles. The molecule has 2 rings (SSSR count). The van der Waals surface area contributed by atoms with Crippen molar-refractivity contribution in [3.63, 3.8) is 0 Å². The van der Waals surface area contributed by atoms with E-state index in [1.807, 2.05) is 36.4 Å². The molecular weight excluding hydrogens is 270 g/mol. The van der Waals surface area contributed by atoms with E-state index in [2.05, 4.69) is 18.2 Å². The number of hydrogen-bond acceptors (Lipinski definition) is 2. The summed E-state index contributed by atoms with van der Waals surface area (Å²) >= 11 is 0. The maximum absolute atomic E-state index is 12.3. The molecule has 0 saturated carbocycles. The molecule has 0 aromatic heterocycles. The lowest BCUT2D eigenvalue weighted by Gasteiger charge is -2.02. The molecule has 1 atom stereocenters. The lowest BCUT2D eigenvalue weighted by molar-refractivity contribution is -0.117. The molecule has 20 heavy (non-hydrogen) atoms. The second kappa shape index (κ2) is 6.66. The number of amides is 1. The molecule has 0 radical (unpaired) electrons. The van der Waals surface area contributed by atoms with E-state index in [1.54, 1.807) is 6.07 Å². The van der Waals surface area contributed by atoms with Gasteiger partial charge in [-0.3, -0.25) is 4.79 Å². The van der Waals surface area contributed by atoms with Gasteiger partial charge in [0.05, 0.1) is 15.5 Å². The number of fused-ring (bicyclic) bond motifs is 1. The van der Waals surface area contributed by atoms with Crippen LogP contribution in [-0.2, 0) is 15.4 Å². The SMILES string of the molecule is CC(C)CCC(=O)/N=[SH](=O)/c1cccc2ccccc12. The number of carbonyl (C=O) groups is 1. The first kappa shape index (κ1) is 14.7. The summed E-state index contributed by atoms with van der Waals surface area (Å²) in [5, 5.41) is 1.91. The van der Waals surface area contributed by atoms with Crippen LogP contribution in [0.4, 0.5) is 0 Å². The van der Waals surface area contributed by atoms with Crippen molar-refractivity contribution in [3.05, 3.63) is 42.5 Å². The Morgan fingerprint density at radius 3 is 2.60 bits per heavy atom. The predicted octanol–water partition coefficient (Wildman–Crippen LogP) is 3.83. The first-order chi connectivity index (χ1) is 9.58. The van der Waals surface area contributed by atoms with Crippen molar-refractivity contribution in [2.45, 2.75) is 31.6 Å². The highest BCUT2D eigenvalue weighted by atomic mass is 32.2. The normalized spacial score (nSPS) is 12.9. The first-order valence-electron chi connectivity index (χ1n) is 6.77. The van der Waals surface area contributed by atoms with Crippen molar-refractivity contribution in [2.24, 2.45) is 10.3 Å². The van der Waals surface area contributed by atoms with Gasteiger partial charge >= 0.3 is 0 Å². The van der Waals surface area contributed by atoms with Gasteiger partial charge in [-0.25, -0.2) is 4.21 Å². The Kier molecular flexibility index (Phi) is 4.90. The van der Waals surface area contributed by atoms with Gasteiger partial charge in [-0.2, -0.15) is 4.36 Å². The molecule has 2 aromatic carbocycles. The molecule has 0 aliphatic carbocycles. The van der Waals surface area contributed by atoms with Crippen LogP contribution in [0.5, 0.6) is 0 Å². The summed E-state index contributed by atoms with van der Waals surface area (Å²) < 4.78 is 16.1. The van der Waals surface area contributed by atoms with Crippen LogP contribution in [0.1, 0.15) is 26.7 Å². The molecule has 4 heteroatoms. The highest BCUT2D eigenvalue weighted by Gasteiger charge is 2.05. The molecule has 2 aromatic rings. The van der Waals surface area contributed by atoms with Gasteiger partial charge < -0.3 is 0 Å². The second-order valence-electron chi connectivity index (χ2n) is 5.20. The van der Waals surface area contributed by atoms with Crippen LogP contribution in [0.2, 0.25) is 0 Å². The topological polar surface area (TPSA) is 46.5 Å². The zero-order chi connectivity index (χ0) is 14.5. The zero-order valence-electron chi connectivity index (χ0n) is 11.7. The van der Waals surface area contributed by atoms with Crippen LogP contribution in [0.3, 0.4) is 0 Å². The summed E-state index contributed by atoms with van der Waals surface area (Å²) in [6, 6.07) is 13.3. The lowest BCUT2D eigenvalue weighted by Crippen LogP contribution is -1.98. The first-order valence-corrected chi connectivity index (χ1v) is 7.98. The lowest BCUT2D eigenvalue weighted by atomic mass is 10.1. The van der Waals surface area contributed by atoms with Crippen LogP contribution in [-0.4, -0.2) is 10.1 Å². The van der Waals surface area contributed by atoms with Gasteiger partial charge in [-0.05, 0) is 29.2 Å². The number of thiol groups is 1. The molecular formula is C16H19NO2S. The number of benzene rings is 2. The van der Waals surface area contributed by atoms with Crippen LogP contribution in [0.25, 0.3) is 10.8 Å². The average Bonchev–Trinajstić information content (AvgIpc) is 2.44. The largest absolute Gasteiger partial charge is 0.272 e. The molecule has 3 nitrogen and oxygen atoms in total. The van der Waals surface area contributed by atoms with Crippen LogP contribution in [0, 0.1) is 5.92 Å².